The van der Waals surface area contributed by atoms with Crippen LogP contribution in [0.25, 0.3) is 16.6 Å². The summed E-state index contributed by atoms with van der Waals surface area (Å²) >= 11 is 6.24. The van der Waals surface area contributed by atoms with E-state index < -0.39 is 31.4 Å². The molecule has 1 atom stereocenters. The van der Waals surface area contributed by atoms with E-state index in [1.54, 1.807) is 31.4 Å². The number of hydrogen-bond donors (Lipinski definition) is 3. The first kappa shape index (κ1) is 41.8. The van der Waals surface area contributed by atoms with Gasteiger partial charge in [-0.3, -0.25) is 19.7 Å². The Morgan fingerprint density at radius 3 is 2.56 bits per heavy atom. The first-order chi connectivity index (χ1) is 29.1. The number of likely N-dealkylation sites (tertiary alicyclic amines) is 1. The number of rotatable bonds is 12. The molecule has 3 aliphatic rings. The van der Waals surface area contributed by atoms with E-state index in [9.17, 15) is 28.1 Å². The Kier molecular flexibility index (Phi) is 11.5. The highest BCUT2D eigenvalue weighted by Crippen LogP contribution is 2.46. The molecular weight excluding hydrogens is 818 g/mol. The number of nitrogens with one attached hydrogen (secondary N) is 3. The minimum Gasteiger partial charge on any atom is -0.455 e. The van der Waals surface area contributed by atoms with Gasteiger partial charge in [0, 0.05) is 67.5 Å². The van der Waals surface area contributed by atoms with Crippen molar-refractivity contribution >= 4 is 67.1 Å². The number of anilines is 2. The molecule has 2 saturated heterocycles. The molecule has 8 rings (SSSR count). The Hall–Kier alpha value is -5.93. The molecule has 1 unspecified atom stereocenters. The molecule has 4 heterocycles. The second kappa shape index (κ2) is 16.8. The maximum absolute atomic E-state index is 13.9. The number of carbonyl (C=O) groups excluding carboxylic acids is 2. The van der Waals surface area contributed by atoms with Crippen LogP contribution in [-0.4, -0.2) is 72.7 Å². The van der Waals surface area contributed by atoms with E-state index in [4.69, 9.17) is 16.3 Å². The first-order valence-corrected chi connectivity index (χ1v) is 22.3. The van der Waals surface area contributed by atoms with Gasteiger partial charge in [0.25, 0.3) is 21.6 Å². The monoisotopic (exact) mass is 865 g/mol. The largest absolute Gasteiger partial charge is 0.455 e. The number of ether oxygens (including phenoxy) is 1. The summed E-state index contributed by atoms with van der Waals surface area (Å²) in [7, 11) is -2.97. The van der Waals surface area contributed by atoms with Crippen molar-refractivity contribution in [1.29, 1.82) is 0 Å². The molecule has 0 radical (unpaired) electrons. The summed E-state index contributed by atoms with van der Waals surface area (Å²) in [4.78, 5) is 48.0. The van der Waals surface area contributed by atoms with Crippen molar-refractivity contribution in [2.45, 2.75) is 69.7 Å². The number of fused-ring (bicyclic) bond motifs is 1. The molecule has 2 aromatic heterocycles. The van der Waals surface area contributed by atoms with Gasteiger partial charge in [-0.2, -0.15) is 0 Å². The second-order valence-corrected chi connectivity index (χ2v) is 19.2. The molecule has 2 amide bonds. The average Bonchev–Trinajstić information content (AvgIpc) is 3.83. The van der Waals surface area contributed by atoms with Crippen LogP contribution in [0.3, 0.4) is 0 Å². The Balaban J connectivity index is 1.01. The minimum atomic E-state index is -4.60. The number of amides is 2. The SMILES string of the molecule is CN1CC(Nc2ccc(S(=O)(=O)NC(=O)c3ccc(N4CCC(CC5=C(c6ccc(Cl)cc6)CC(C)(C)CC5)CC4)cc3Oc3cnc4[nH]ccc4c3)cc2[N+](=O)[O-])CC1=O. The molecule has 3 aromatic carbocycles. The van der Waals surface area contributed by atoms with E-state index >= 15 is 0 Å². The number of nitro groups is 1. The quantitative estimate of drug-likeness (QED) is 0.0810. The van der Waals surface area contributed by atoms with Gasteiger partial charge in [0.2, 0.25) is 5.91 Å². The number of hydrogen-bond acceptors (Lipinski definition) is 10. The molecule has 318 valence electrons. The fraction of sp³-hybridized carbons (Fsp3) is 0.356. The van der Waals surface area contributed by atoms with Gasteiger partial charge in [-0.25, -0.2) is 18.1 Å². The van der Waals surface area contributed by atoms with Gasteiger partial charge in [0.05, 0.1) is 27.6 Å². The molecule has 0 spiro atoms. The molecule has 14 nitrogen and oxygen atoms in total. The number of sulfonamides is 1. The minimum absolute atomic E-state index is 0.0546. The molecule has 5 aromatic rings. The zero-order valence-corrected chi connectivity index (χ0v) is 35.8. The molecule has 0 saturated carbocycles. The first-order valence-electron chi connectivity index (χ1n) is 20.4. The van der Waals surface area contributed by atoms with Crippen molar-refractivity contribution in [2.24, 2.45) is 11.3 Å². The van der Waals surface area contributed by atoms with E-state index in [0.717, 1.165) is 73.8 Å². The molecule has 2 aliphatic heterocycles. The average molecular weight is 866 g/mol. The lowest BCUT2D eigenvalue weighted by atomic mass is 9.70. The lowest BCUT2D eigenvalue weighted by Gasteiger charge is -2.37. The third-order valence-corrected chi connectivity index (χ3v) is 13.7. The number of H-pyrrole nitrogens is 1. The predicted molar refractivity (Wildman–Crippen MR) is 236 cm³/mol. The summed E-state index contributed by atoms with van der Waals surface area (Å²) in [5.41, 5.74) is 5.43. The van der Waals surface area contributed by atoms with Crippen LogP contribution >= 0.6 is 11.6 Å². The van der Waals surface area contributed by atoms with Crippen LogP contribution in [-0.2, 0) is 14.8 Å². The third kappa shape index (κ3) is 9.37. The fourth-order valence-corrected chi connectivity index (χ4v) is 9.82. The molecule has 0 bridgehead atoms. The van der Waals surface area contributed by atoms with E-state index in [0.29, 0.717) is 23.9 Å². The van der Waals surface area contributed by atoms with Gasteiger partial charge in [-0.15, -0.1) is 0 Å². The van der Waals surface area contributed by atoms with Crippen molar-refractivity contribution in [3.05, 3.63) is 117 Å². The zero-order valence-electron chi connectivity index (χ0n) is 34.2. The van der Waals surface area contributed by atoms with Crippen LogP contribution in [0.4, 0.5) is 17.1 Å². The second-order valence-electron chi connectivity index (χ2n) is 17.1. The maximum atomic E-state index is 13.9. The molecule has 16 heteroatoms. The standard InChI is InChI=1S/C45H48ClN7O7S/c1-45(2)16-12-30(38(25-45)29-4-6-32(46)7-5-29)20-28-14-18-52(19-15-28)34-8-10-37(41(23-34)60-35-21-31-13-17-47-43(31)48-26-35)44(55)50-61(58,59)36-9-11-39(40(24-36)53(56)57)49-33-22-42(54)51(3)27-33/h4-11,13,17,21,23-24,26,28,33,49H,12,14-16,18-20,22,25,27H2,1-3H3,(H,47,48)(H,50,55). The number of aromatic nitrogens is 2. The van der Waals surface area contributed by atoms with Crippen molar-refractivity contribution in [1.82, 2.24) is 19.6 Å². The van der Waals surface area contributed by atoms with Crippen molar-refractivity contribution in [2.75, 3.05) is 36.9 Å². The number of benzene rings is 3. The zero-order chi connectivity index (χ0) is 43.1. The number of aromatic amines is 1. The normalized spacial score (nSPS) is 18.4. The summed E-state index contributed by atoms with van der Waals surface area (Å²) in [5, 5.41) is 16.6. The van der Waals surface area contributed by atoms with Gasteiger partial charge >= 0.3 is 0 Å². The van der Waals surface area contributed by atoms with E-state index in [2.05, 4.69) is 50.9 Å². The van der Waals surface area contributed by atoms with Crippen LogP contribution < -0.4 is 19.7 Å². The van der Waals surface area contributed by atoms with Crippen LogP contribution in [0.1, 0.15) is 74.7 Å². The molecule has 3 N–H and O–H groups in total. The lowest BCUT2D eigenvalue weighted by molar-refractivity contribution is -0.384. The Morgan fingerprint density at radius 1 is 1.07 bits per heavy atom. The number of likely N-dealkylation sites (N-methyl/N-ethyl adjacent to an activating group) is 1. The van der Waals surface area contributed by atoms with E-state index in [-0.39, 0.29) is 40.8 Å². The number of nitro benzene ring substituents is 1. The third-order valence-electron chi connectivity index (χ3n) is 12.1. The Morgan fingerprint density at radius 2 is 1.84 bits per heavy atom. The maximum Gasteiger partial charge on any atom is 0.293 e. The fourth-order valence-electron chi connectivity index (χ4n) is 8.71. The van der Waals surface area contributed by atoms with Gasteiger partial charge in [-0.05, 0) is 110 Å². The summed E-state index contributed by atoms with van der Waals surface area (Å²) in [6.45, 7) is 6.59. The van der Waals surface area contributed by atoms with Crippen LogP contribution in [0.2, 0.25) is 5.02 Å². The lowest BCUT2D eigenvalue weighted by Crippen LogP contribution is -2.34. The summed E-state index contributed by atoms with van der Waals surface area (Å²) in [6.07, 6.45) is 9.67. The summed E-state index contributed by atoms with van der Waals surface area (Å²) < 4.78 is 35.7. The van der Waals surface area contributed by atoms with Crippen molar-refractivity contribution < 1.29 is 27.7 Å². The van der Waals surface area contributed by atoms with Crippen molar-refractivity contribution in [3.63, 3.8) is 0 Å². The number of allylic oxidation sites excluding steroid dienone is 2. The number of pyridine rings is 1. The Bertz CT molecular complexity index is 2650. The van der Waals surface area contributed by atoms with E-state index in [1.165, 1.54) is 46.0 Å². The molecule has 2 fully saturated rings. The van der Waals surface area contributed by atoms with Gasteiger partial charge in [0.1, 0.15) is 22.8 Å². The summed E-state index contributed by atoms with van der Waals surface area (Å²) in [5.74, 6) is -0.119. The number of halogens is 1. The highest BCUT2D eigenvalue weighted by molar-refractivity contribution is 7.90. The van der Waals surface area contributed by atoms with Gasteiger partial charge in [-0.1, -0.05) is 43.2 Å². The molecule has 1 aliphatic carbocycles. The Labute approximate surface area is 359 Å². The van der Waals surface area contributed by atoms with Crippen molar-refractivity contribution in [3.8, 4) is 11.5 Å². The van der Waals surface area contributed by atoms with Gasteiger partial charge < -0.3 is 24.8 Å². The number of nitrogens with zero attached hydrogens (tertiary/aromatic N) is 4. The number of piperidine rings is 1. The summed E-state index contributed by atoms with van der Waals surface area (Å²) in [6, 6.07) is 19.8. The predicted octanol–water partition coefficient (Wildman–Crippen LogP) is 8.95. The van der Waals surface area contributed by atoms with E-state index in [1.807, 2.05) is 18.2 Å². The highest BCUT2D eigenvalue weighted by atomic mass is 35.5. The topological polar surface area (TPSA) is 180 Å². The number of carbonyl (C=O) groups is 2. The highest BCUT2D eigenvalue weighted by Gasteiger charge is 2.32. The van der Waals surface area contributed by atoms with Crippen LogP contribution in [0.5, 0.6) is 11.5 Å². The smallest absolute Gasteiger partial charge is 0.293 e. The molecule has 61 heavy (non-hydrogen) atoms. The molecular formula is C45H48ClN7O7S. The van der Waals surface area contributed by atoms with Crippen LogP contribution in [0, 0.1) is 21.4 Å². The van der Waals surface area contributed by atoms with Crippen LogP contribution in [0.15, 0.2) is 95.7 Å². The van der Waals surface area contributed by atoms with Gasteiger partial charge in [0.15, 0.2) is 0 Å².